The van der Waals surface area contributed by atoms with Crippen molar-refractivity contribution in [3.63, 3.8) is 0 Å². The number of nitrogens with zero attached hydrogens (tertiary/aromatic N) is 1. The fraction of sp³-hybridized carbons (Fsp3) is 0.267. The number of benzene rings is 1. The van der Waals surface area contributed by atoms with E-state index < -0.39 is 0 Å². The molecule has 0 aliphatic carbocycles. The lowest BCUT2D eigenvalue weighted by Gasteiger charge is -2.12. The zero-order valence-corrected chi connectivity index (χ0v) is 12.0. The number of nitrogens with two attached hydrogens (primary N) is 1. The van der Waals surface area contributed by atoms with Gasteiger partial charge < -0.3 is 10.5 Å². The molecule has 0 aliphatic heterocycles. The van der Waals surface area contributed by atoms with Crippen LogP contribution in [0.3, 0.4) is 0 Å². The lowest BCUT2D eigenvalue weighted by Crippen LogP contribution is -2.09. The van der Waals surface area contributed by atoms with E-state index in [9.17, 15) is 0 Å². The lowest BCUT2D eigenvalue weighted by molar-refractivity contribution is 0.232. The number of aromatic nitrogens is 1. The van der Waals surface area contributed by atoms with Gasteiger partial charge in [-0.15, -0.1) is 11.8 Å². The van der Waals surface area contributed by atoms with Crippen molar-refractivity contribution in [1.29, 1.82) is 0 Å². The summed E-state index contributed by atoms with van der Waals surface area (Å²) in [6.45, 7) is 3.93. The highest BCUT2D eigenvalue weighted by Crippen LogP contribution is 2.27. The molecule has 19 heavy (non-hydrogen) atoms. The molecule has 1 aromatic carbocycles. The van der Waals surface area contributed by atoms with Gasteiger partial charge in [-0.25, -0.2) is 4.98 Å². The number of rotatable bonds is 5. The minimum atomic E-state index is 0.0733. The Kier molecular flexibility index (Phi) is 4.68. The van der Waals surface area contributed by atoms with Gasteiger partial charge in [-0.05, 0) is 31.5 Å². The molecule has 0 amide bonds. The summed E-state index contributed by atoms with van der Waals surface area (Å²) in [7, 11) is 0. The van der Waals surface area contributed by atoms with E-state index in [1.807, 2.05) is 44.2 Å². The predicted molar refractivity (Wildman–Crippen MR) is 80.4 cm³/mol. The zero-order valence-electron chi connectivity index (χ0n) is 11.2. The molecule has 0 spiro atoms. The molecule has 0 saturated carbocycles. The SMILES string of the molecule is CC(C)Oc1nc(SCc2ccccc2)ccc1N. The standard InChI is InChI=1S/C15H18N2OS/c1-11(2)18-15-13(16)8-9-14(17-15)19-10-12-6-4-3-5-7-12/h3-9,11H,10,16H2,1-2H3. The Morgan fingerprint density at radius 2 is 1.89 bits per heavy atom. The van der Waals surface area contributed by atoms with Gasteiger partial charge in [0.15, 0.2) is 0 Å². The van der Waals surface area contributed by atoms with Crippen LogP contribution in [-0.4, -0.2) is 11.1 Å². The van der Waals surface area contributed by atoms with Crippen LogP contribution < -0.4 is 10.5 Å². The van der Waals surface area contributed by atoms with Crippen molar-refractivity contribution in [3.05, 3.63) is 48.0 Å². The third-order valence-electron chi connectivity index (χ3n) is 2.44. The molecule has 2 N–H and O–H groups in total. The molecule has 100 valence electrons. The summed E-state index contributed by atoms with van der Waals surface area (Å²) in [5.74, 6) is 1.41. The van der Waals surface area contributed by atoms with Crippen LogP contribution in [0.4, 0.5) is 5.69 Å². The van der Waals surface area contributed by atoms with Gasteiger partial charge in [-0.1, -0.05) is 30.3 Å². The van der Waals surface area contributed by atoms with Crippen molar-refractivity contribution in [2.24, 2.45) is 0 Å². The molecule has 2 rings (SSSR count). The summed E-state index contributed by atoms with van der Waals surface area (Å²) >= 11 is 1.68. The van der Waals surface area contributed by atoms with Gasteiger partial charge in [-0.2, -0.15) is 0 Å². The third-order valence-corrected chi connectivity index (χ3v) is 3.44. The fourth-order valence-corrected chi connectivity index (χ4v) is 2.38. The smallest absolute Gasteiger partial charge is 0.238 e. The van der Waals surface area contributed by atoms with Gasteiger partial charge in [0, 0.05) is 5.75 Å². The average molecular weight is 274 g/mol. The highest BCUT2D eigenvalue weighted by molar-refractivity contribution is 7.98. The first-order chi connectivity index (χ1) is 9.15. The summed E-state index contributed by atoms with van der Waals surface area (Å²) in [6.07, 6.45) is 0.0733. The first-order valence-corrected chi connectivity index (χ1v) is 7.23. The molecule has 0 fully saturated rings. The lowest BCUT2D eigenvalue weighted by atomic mass is 10.2. The van der Waals surface area contributed by atoms with Crippen LogP contribution in [0.25, 0.3) is 0 Å². The summed E-state index contributed by atoms with van der Waals surface area (Å²) in [5.41, 5.74) is 7.70. The van der Waals surface area contributed by atoms with E-state index in [1.165, 1.54) is 5.56 Å². The summed E-state index contributed by atoms with van der Waals surface area (Å²) < 4.78 is 5.59. The van der Waals surface area contributed by atoms with E-state index in [2.05, 4.69) is 17.1 Å². The molecule has 3 nitrogen and oxygen atoms in total. The second kappa shape index (κ2) is 6.48. The number of pyridine rings is 1. The van der Waals surface area contributed by atoms with Gasteiger partial charge in [0.25, 0.3) is 0 Å². The van der Waals surface area contributed by atoms with Crippen LogP contribution in [0, 0.1) is 0 Å². The van der Waals surface area contributed by atoms with Gasteiger partial charge >= 0.3 is 0 Å². The van der Waals surface area contributed by atoms with Crippen LogP contribution in [0.2, 0.25) is 0 Å². The summed E-state index contributed by atoms with van der Waals surface area (Å²) in [4.78, 5) is 4.44. The van der Waals surface area contributed by atoms with E-state index >= 15 is 0 Å². The number of anilines is 1. The largest absolute Gasteiger partial charge is 0.473 e. The Balaban J connectivity index is 2.04. The van der Waals surface area contributed by atoms with Crippen molar-refractivity contribution in [2.45, 2.75) is 30.7 Å². The molecule has 1 heterocycles. The number of thioether (sulfide) groups is 1. The maximum absolute atomic E-state index is 5.85. The minimum Gasteiger partial charge on any atom is -0.473 e. The quantitative estimate of drug-likeness (QED) is 0.844. The average Bonchev–Trinajstić information content (AvgIpc) is 2.40. The first kappa shape index (κ1) is 13.7. The number of ether oxygens (including phenoxy) is 1. The van der Waals surface area contributed by atoms with Gasteiger partial charge in [0.05, 0.1) is 11.8 Å². The Morgan fingerprint density at radius 3 is 2.58 bits per heavy atom. The number of nitrogen functional groups attached to an aromatic ring is 1. The molecule has 0 unspecified atom stereocenters. The van der Waals surface area contributed by atoms with E-state index in [4.69, 9.17) is 10.5 Å². The monoisotopic (exact) mass is 274 g/mol. The summed E-state index contributed by atoms with van der Waals surface area (Å²) in [6, 6.07) is 14.1. The maximum atomic E-state index is 5.85. The molecule has 0 aliphatic rings. The van der Waals surface area contributed by atoms with E-state index in [0.29, 0.717) is 11.6 Å². The van der Waals surface area contributed by atoms with Crippen LogP contribution >= 0.6 is 11.8 Å². The van der Waals surface area contributed by atoms with Crippen LogP contribution in [0.5, 0.6) is 5.88 Å². The minimum absolute atomic E-state index is 0.0733. The zero-order chi connectivity index (χ0) is 13.7. The predicted octanol–water partition coefficient (Wildman–Crippen LogP) is 3.74. The van der Waals surface area contributed by atoms with E-state index in [1.54, 1.807) is 11.8 Å². The molecular formula is C15H18N2OS. The highest BCUT2D eigenvalue weighted by Gasteiger charge is 2.07. The molecule has 0 radical (unpaired) electrons. The molecule has 2 aromatic rings. The highest BCUT2D eigenvalue weighted by atomic mass is 32.2. The maximum Gasteiger partial charge on any atom is 0.238 e. The Hall–Kier alpha value is -1.68. The normalized spacial score (nSPS) is 10.7. The van der Waals surface area contributed by atoms with Crippen LogP contribution in [-0.2, 0) is 5.75 Å². The van der Waals surface area contributed by atoms with Crippen molar-refractivity contribution in [1.82, 2.24) is 4.98 Å². The van der Waals surface area contributed by atoms with Crippen molar-refractivity contribution >= 4 is 17.4 Å². The second-order valence-electron chi connectivity index (χ2n) is 4.48. The number of hydrogen-bond acceptors (Lipinski definition) is 4. The van der Waals surface area contributed by atoms with Gasteiger partial charge in [-0.3, -0.25) is 0 Å². The molecule has 4 heteroatoms. The topological polar surface area (TPSA) is 48.1 Å². The van der Waals surface area contributed by atoms with Crippen LogP contribution in [0.15, 0.2) is 47.5 Å². The van der Waals surface area contributed by atoms with Crippen molar-refractivity contribution in [3.8, 4) is 5.88 Å². The van der Waals surface area contributed by atoms with E-state index in [0.717, 1.165) is 10.8 Å². The number of hydrogen-bond donors (Lipinski definition) is 1. The molecule has 0 bridgehead atoms. The molecule has 1 aromatic heterocycles. The Morgan fingerprint density at radius 1 is 1.16 bits per heavy atom. The second-order valence-corrected chi connectivity index (χ2v) is 5.48. The van der Waals surface area contributed by atoms with Crippen molar-refractivity contribution < 1.29 is 4.74 Å². The van der Waals surface area contributed by atoms with E-state index in [-0.39, 0.29) is 6.10 Å². The van der Waals surface area contributed by atoms with Crippen molar-refractivity contribution in [2.75, 3.05) is 5.73 Å². The molecule has 0 saturated heterocycles. The Bertz CT molecular complexity index is 529. The van der Waals surface area contributed by atoms with Crippen LogP contribution in [0.1, 0.15) is 19.4 Å². The third kappa shape index (κ3) is 4.17. The summed E-state index contributed by atoms with van der Waals surface area (Å²) in [5, 5.41) is 0.925. The first-order valence-electron chi connectivity index (χ1n) is 6.25. The molecular weight excluding hydrogens is 256 g/mol. The molecule has 0 atom stereocenters. The Labute approximate surface area is 118 Å². The van der Waals surface area contributed by atoms with Gasteiger partial charge in [0.2, 0.25) is 5.88 Å². The van der Waals surface area contributed by atoms with Gasteiger partial charge in [0.1, 0.15) is 5.03 Å². The fourth-order valence-electron chi connectivity index (χ4n) is 1.56.